The van der Waals surface area contributed by atoms with Gasteiger partial charge in [-0.25, -0.2) is 0 Å². The van der Waals surface area contributed by atoms with Crippen LogP contribution < -0.4 is 15.8 Å². The molecule has 1 aliphatic rings. The zero-order valence-corrected chi connectivity index (χ0v) is 16.5. The van der Waals surface area contributed by atoms with E-state index in [2.05, 4.69) is 5.32 Å². The van der Waals surface area contributed by atoms with E-state index in [0.29, 0.717) is 37.5 Å². The van der Waals surface area contributed by atoms with Gasteiger partial charge in [-0.05, 0) is 37.1 Å². The van der Waals surface area contributed by atoms with E-state index in [-0.39, 0.29) is 30.1 Å². The highest BCUT2D eigenvalue weighted by atomic mass is 35.5. The van der Waals surface area contributed by atoms with Crippen molar-refractivity contribution in [3.05, 3.63) is 54.6 Å². The molecule has 1 saturated heterocycles. The summed E-state index contributed by atoms with van der Waals surface area (Å²) in [6.45, 7) is 1.45. The largest absolute Gasteiger partial charge is 0.493 e. The topological polar surface area (TPSA) is 84.7 Å². The number of nitrogens with two attached hydrogens (primary N) is 1. The molecule has 1 aliphatic heterocycles. The van der Waals surface area contributed by atoms with Crippen LogP contribution in [0.3, 0.4) is 0 Å². The molecule has 0 aliphatic carbocycles. The molecular formula is C21H26ClN3O3. The lowest BCUT2D eigenvalue weighted by atomic mass is 9.96. The molecule has 1 fully saturated rings. The Bertz CT molecular complexity index is 785. The number of carbonyl (C=O) groups is 2. The summed E-state index contributed by atoms with van der Waals surface area (Å²) < 4.78 is 5.59. The molecule has 0 radical (unpaired) electrons. The number of carbonyl (C=O) groups excluding carboxylic acids is 2. The van der Waals surface area contributed by atoms with E-state index >= 15 is 0 Å². The molecule has 1 atom stereocenters. The Kier molecular flexibility index (Phi) is 8.14. The van der Waals surface area contributed by atoms with Crippen LogP contribution in [-0.2, 0) is 9.59 Å². The van der Waals surface area contributed by atoms with Crippen LogP contribution in [0.15, 0.2) is 54.6 Å². The third-order valence-corrected chi connectivity index (χ3v) is 4.69. The van der Waals surface area contributed by atoms with Crippen molar-refractivity contribution >= 4 is 35.6 Å². The number of anilines is 2. The van der Waals surface area contributed by atoms with Gasteiger partial charge in [-0.2, -0.15) is 0 Å². The summed E-state index contributed by atoms with van der Waals surface area (Å²) in [7, 11) is 0. The minimum atomic E-state index is -0.225. The number of hydrogen-bond donors (Lipinski definition) is 2. The predicted molar refractivity (Wildman–Crippen MR) is 113 cm³/mol. The van der Waals surface area contributed by atoms with Crippen molar-refractivity contribution in [2.45, 2.75) is 19.3 Å². The van der Waals surface area contributed by atoms with Crippen molar-refractivity contribution in [3.63, 3.8) is 0 Å². The maximum Gasteiger partial charge on any atom is 0.229 e. The molecule has 0 aromatic heterocycles. The Hall–Kier alpha value is -2.73. The van der Waals surface area contributed by atoms with E-state index in [1.807, 2.05) is 42.5 Å². The summed E-state index contributed by atoms with van der Waals surface area (Å²) in [5.74, 6) is 0.451. The summed E-state index contributed by atoms with van der Waals surface area (Å²) in [6.07, 6.45) is 1.88. The highest BCUT2D eigenvalue weighted by molar-refractivity contribution is 5.95. The number of nitrogens with one attached hydrogen (secondary N) is 1. The number of benzene rings is 2. The second kappa shape index (κ2) is 10.6. The molecule has 6 nitrogen and oxygen atoms in total. The van der Waals surface area contributed by atoms with Crippen LogP contribution in [-0.4, -0.2) is 36.4 Å². The fraction of sp³-hybridized carbons (Fsp3) is 0.333. The Balaban J connectivity index is 0.00000280. The van der Waals surface area contributed by atoms with Gasteiger partial charge >= 0.3 is 0 Å². The average molecular weight is 404 g/mol. The molecule has 2 aromatic rings. The van der Waals surface area contributed by atoms with E-state index in [9.17, 15) is 9.59 Å². The molecule has 0 saturated carbocycles. The molecule has 1 heterocycles. The van der Waals surface area contributed by atoms with E-state index in [1.165, 1.54) is 0 Å². The van der Waals surface area contributed by atoms with Gasteiger partial charge in [0.1, 0.15) is 5.75 Å². The van der Waals surface area contributed by atoms with Crippen LogP contribution in [0.25, 0.3) is 0 Å². The van der Waals surface area contributed by atoms with Gasteiger partial charge in [-0.1, -0.05) is 30.3 Å². The summed E-state index contributed by atoms with van der Waals surface area (Å²) in [4.78, 5) is 26.8. The Morgan fingerprint density at radius 1 is 1.11 bits per heavy atom. The van der Waals surface area contributed by atoms with Gasteiger partial charge in [0.15, 0.2) is 0 Å². The SMILES string of the molecule is Cl.Nc1ccccc1NC(=O)C1CCCN(C(=O)CCOc2ccccc2)C1. The van der Waals surface area contributed by atoms with Crippen LogP contribution in [0, 0.1) is 5.92 Å². The van der Waals surface area contributed by atoms with Crippen molar-refractivity contribution in [1.82, 2.24) is 4.90 Å². The molecule has 2 aromatic carbocycles. The number of halogens is 1. The second-order valence-electron chi connectivity index (χ2n) is 6.67. The van der Waals surface area contributed by atoms with E-state index in [1.54, 1.807) is 17.0 Å². The first-order valence-electron chi connectivity index (χ1n) is 9.24. The number of para-hydroxylation sites is 3. The quantitative estimate of drug-likeness (QED) is 0.724. The molecule has 0 spiro atoms. The normalized spacial score (nSPS) is 16.0. The smallest absolute Gasteiger partial charge is 0.229 e. The number of ether oxygens (including phenoxy) is 1. The number of hydrogen-bond acceptors (Lipinski definition) is 4. The lowest BCUT2D eigenvalue weighted by Gasteiger charge is -2.32. The molecule has 28 heavy (non-hydrogen) atoms. The third kappa shape index (κ3) is 5.89. The lowest BCUT2D eigenvalue weighted by molar-refractivity contribution is -0.135. The van der Waals surface area contributed by atoms with Gasteiger partial charge < -0.3 is 20.7 Å². The van der Waals surface area contributed by atoms with Crippen molar-refractivity contribution in [2.75, 3.05) is 30.7 Å². The monoisotopic (exact) mass is 403 g/mol. The van der Waals surface area contributed by atoms with Gasteiger partial charge in [0.2, 0.25) is 11.8 Å². The average Bonchev–Trinajstić information content (AvgIpc) is 2.70. The Morgan fingerprint density at radius 2 is 1.82 bits per heavy atom. The predicted octanol–water partition coefficient (Wildman–Crippen LogP) is 3.34. The van der Waals surface area contributed by atoms with Crippen LogP contribution in [0.1, 0.15) is 19.3 Å². The number of nitrogen functional groups attached to an aromatic ring is 1. The molecule has 1 unspecified atom stereocenters. The Morgan fingerprint density at radius 3 is 2.57 bits per heavy atom. The number of piperidine rings is 1. The van der Waals surface area contributed by atoms with Crippen molar-refractivity contribution in [3.8, 4) is 5.75 Å². The molecule has 3 N–H and O–H groups in total. The first-order chi connectivity index (χ1) is 13.1. The van der Waals surface area contributed by atoms with Crippen LogP contribution in [0.4, 0.5) is 11.4 Å². The molecule has 2 amide bonds. The van der Waals surface area contributed by atoms with Crippen molar-refractivity contribution < 1.29 is 14.3 Å². The lowest BCUT2D eigenvalue weighted by Crippen LogP contribution is -2.44. The van der Waals surface area contributed by atoms with Gasteiger partial charge in [0.05, 0.1) is 30.3 Å². The number of likely N-dealkylation sites (tertiary alicyclic amines) is 1. The highest BCUT2D eigenvalue weighted by Crippen LogP contribution is 2.22. The number of rotatable bonds is 6. The summed E-state index contributed by atoms with van der Waals surface area (Å²) in [5, 5.41) is 2.88. The molecule has 7 heteroatoms. The minimum Gasteiger partial charge on any atom is -0.493 e. The second-order valence-corrected chi connectivity index (χ2v) is 6.67. The van der Waals surface area contributed by atoms with Gasteiger partial charge in [-0.3, -0.25) is 9.59 Å². The molecule has 0 bridgehead atoms. The summed E-state index contributed by atoms with van der Waals surface area (Å²) in [5.41, 5.74) is 7.03. The minimum absolute atomic E-state index is 0. The maximum atomic E-state index is 12.6. The van der Waals surface area contributed by atoms with E-state index in [0.717, 1.165) is 18.6 Å². The fourth-order valence-corrected chi connectivity index (χ4v) is 3.19. The van der Waals surface area contributed by atoms with Gasteiger partial charge in [0, 0.05) is 13.1 Å². The maximum absolute atomic E-state index is 12.6. The van der Waals surface area contributed by atoms with Crippen molar-refractivity contribution in [2.24, 2.45) is 5.92 Å². The zero-order valence-electron chi connectivity index (χ0n) is 15.7. The van der Waals surface area contributed by atoms with E-state index < -0.39 is 0 Å². The highest BCUT2D eigenvalue weighted by Gasteiger charge is 2.28. The molecule has 3 rings (SSSR count). The zero-order chi connectivity index (χ0) is 19.1. The first-order valence-corrected chi connectivity index (χ1v) is 9.24. The molecule has 150 valence electrons. The standard InChI is InChI=1S/C21H25N3O3.ClH/c22-18-10-4-5-11-19(18)23-21(26)16-7-6-13-24(15-16)20(25)12-14-27-17-8-2-1-3-9-17;/h1-5,8-11,16H,6-7,12-15,22H2,(H,23,26);1H. The van der Waals surface area contributed by atoms with Gasteiger partial charge in [-0.15, -0.1) is 12.4 Å². The first kappa shape index (κ1) is 21.6. The van der Waals surface area contributed by atoms with Gasteiger partial charge in [0.25, 0.3) is 0 Å². The molecular weight excluding hydrogens is 378 g/mol. The van der Waals surface area contributed by atoms with Crippen molar-refractivity contribution in [1.29, 1.82) is 0 Å². The summed E-state index contributed by atoms with van der Waals surface area (Å²) in [6, 6.07) is 16.6. The third-order valence-electron chi connectivity index (χ3n) is 4.69. The number of amides is 2. The van der Waals surface area contributed by atoms with Crippen LogP contribution in [0.5, 0.6) is 5.75 Å². The number of nitrogens with zero attached hydrogens (tertiary/aromatic N) is 1. The summed E-state index contributed by atoms with van der Waals surface area (Å²) >= 11 is 0. The van der Waals surface area contributed by atoms with E-state index in [4.69, 9.17) is 10.5 Å². The van der Waals surface area contributed by atoms with Crippen LogP contribution >= 0.6 is 12.4 Å². The van der Waals surface area contributed by atoms with Crippen LogP contribution in [0.2, 0.25) is 0 Å². The Labute approximate surface area is 171 Å². The fourth-order valence-electron chi connectivity index (χ4n) is 3.19.